The Labute approximate surface area is 180 Å². The van der Waals surface area contributed by atoms with Gasteiger partial charge in [-0.2, -0.15) is 5.26 Å². The van der Waals surface area contributed by atoms with E-state index in [2.05, 4.69) is 41.3 Å². The summed E-state index contributed by atoms with van der Waals surface area (Å²) in [7, 11) is 0. The van der Waals surface area contributed by atoms with E-state index in [-0.39, 0.29) is 17.6 Å². The van der Waals surface area contributed by atoms with Crippen molar-refractivity contribution in [1.82, 2.24) is 9.80 Å². The Morgan fingerprint density at radius 2 is 1.93 bits per heavy atom. The Hall–Kier alpha value is -1.90. The van der Waals surface area contributed by atoms with Crippen LogP contribution in [0.4, 0.5) is 0 Å². The van der Waals surface area contributed by atoms with Crippen LogP contribution in [0.15, 0.2) is 30.3 Å². The van der Waals surface area contributed by atoms with Crippen molar-refractivity contribution in [3.63, 3.8) is 0 Å². The molecule has 0 radical (unpaired) electrons. The fourth-order valence-electron chi connectivity index (χ4n) is 6.05. The minimum Gasteiger partial charge on any atom is -0.368 e. The lowest BCUT2D eigenvalue weighted by molar-refractivity contribution is -0.157. The van der Waals surface area contributed by atoms with Crippen molar-refractivity contribution >= 4 is 5.91 Å². The van der Waals surface area contributed by atoms with Gasteiger partial charge in [0.1, 0.15) is 6.10 Å². The summed E-state index contributed by atoms with van der Waals surface area (Å²) in [6.07, 6.45) is 7.25. The summed E-state index contributed by atoms with van der Waals surface area (Å²) in [5.41, 5.74) is 1.39. The molecule has 3 atom stereocenters. The van der Waals surface area contributed by atoms with Crippen LogP contribution >= 0.6 is 0 Å². The minimum atomic E-state index is -0.244. The number of amides is 1. The molecule has 4 fully saturated rings. The molecule has 30 heavy (non-hydrogen) atoms. The number of piperidine rings is 1. The van der Waals surface area contributed by atoms with Crippen LogP contribution in [0.5, 0.6) is 0 Å². The van der Waals surface area contributed by atoms with Gasteiger partial charge in [0.15, 0.2) is 0 Å². The molecule has 0 aromatic heterocycles. The van der Waals surface area contributed by atoms with Gasteiger partial charge in [-0.1, -0.05) is 30.3 Å². The van der Waals surface area contributed by atoms with Gasteiger partial charge in [-0.05, 0) is 74.9 Å². The topological polar surface area (TPSA) is 56.6 Å². The van der Waals surface area contributed by atoms with Crippen molar-refractivity contribution in [2.24, 2.45) is 11.8 Å². The molecule has 5 rings (SSSR count). The van der Waals surface area contributed by atoms with Crippen LogP contribution in [-0.2, 0) is 9.53 Å². The Bertz CT molecular complexity index is 784. The molecule has 5 nitrogen and oxygen atoms in total. The van der Waals surface area contributed by atoms with Crippen LogP contribution in [0.1, 0.15) is 56.4 Å². The number of nitrogens with zero attached hydrogens (tertiary/aromatic N) is 3. The van der Waals surface area contributed by atoms with Crippen LogP contribution in [0.3, 0.4) is 0 Å². The predicted octanol–water partition coefficient (Wildman–Crippen LogP) is 3.57. The third-order valence-electron chi connectivity index (χ3n) is 7.97. The highest BCUT2D eigenvalue weighted by molar-refractivity contribution is 5.82. The molecule has 2 unspecified atom stereocenters. The first-order chi connectivity index (χ1) is 14.7. The summed E-state index contributed by atoms with van der Waals surface area (Å²) in [6, 6.07) is 13.4. The lowest BCUT2D eigenvalue weighted by Crippen LogP contribution is -2.72. The third-order valence-corrected chi connectivity index (χ3v) is 7.97. The van der Waals surface area contributed by atoms with Crippen LogP contribution < -0.4 is 0 Å². The van der Waals surface area contributed by atoms with E-state index in [0.29, 0.717) is 26.1 Å². The standard InChI is InChI=1S/C25H33N3O2/c26-11-10-25(17-27(18-25)24(29)23-7-4-14-30-23)28-12-8-19(9-13-28)15-21-16-22(21)20-5-2-1-3-6-20/h1-3,5-6,19,21-23H,4,7-10,12-18H2/t21-,22?,23?/m1/s1. The zero-order chi connectivity index (χ0) is 20.6. The Balaban J connectivity index is 1.11. The molecule has 3 saturated heterocycles. The number of carbonyl (C=O) groups is 1. The van der Waals surface area contributed by atoms with Gasteiger partial charge in [-0.25, -0.2) is 0 Å². The molecule has 1 aliphatic carbocycles. The second-order valence-electron chi connectivity index (χ2n) is 9.93. The molecular weight excluding hydrogens is 374 g/mol. The maximum Gasteiger partial charge on any atom is 0.251 e. The average molecular weight is 408 g/mol. The zero-order valence-corrected chi connectivity index (χ0v) is 17.8. The Morgan fingerprint density at radius 1 is 1.17 bits per heavy atom. The van der Waals surface area contributed by atoms with Gasteiger partial charge in [-0.15, -0.1) is 0 Å². The predicted molar refractivity (Wildman–Crippen MR) is 115 cm³/mol. The second kappa shape index (κ2) is 8.32. The number of benzene rings is 1. The normalized spacial score (nSPS) is 31.2. The first-order valence-corrected chi connectivity index (χ1v) is 11.8. The van der Waals surface area contributed by atoms with Gasteiger partial charge in [-0.3, -0.25) is 9.69 Å². The molecule has 1 aromatic carbocycles. The number of likely N-dealkylation sites (tertiary alicyclic amines) is 2. The molecule has 0 bridgehead atoms. The van der Waals surface area contributed by atoms with Crippen molar-refractivity contribution in [1.29, 1.82) is 5.26 Å². The van der Waals surface area contributed by atoms with E-state index in [0.717, 1.165) is 43.7 Å². The molecule has 4 aliphatic rings. The Morgan fingerprint density at radius 3 is 2.60 bits per heavy atom. The van der Waals surface area contributed by atoms with Crippen LogP contribution in [0.25, 0.3) is 0 Å². The third kappa shape index (κ3) is 3.88. The summed E-state index contributed by atoms with van der Waals surface area (Å²) in [6.45, 7) is 4.23. The quantitative estimate of drug-likeness (QED) is 0.723. The fraction of sp³-hybridized carbons (Fsp3) is 0.680. The van der Waals surface area contributed by atoms with E-state index in [1.165, 1.54) is 31.2 Å². The summed E-state index contributed by atoms with van der Waals surface area (Å²) in [5.74, 6) is 2.58. The largest absolute Gasteiger partial charge is 0.368 e. The van der Waals surface area contributed by atoms with Gasteiger partial charge < -0.3 is 9.64 Å². The lowest BCUT2D eigenvalue weighted by Gasteiger charge is -2.57. The molecule has 1 saturated carbocycles. The molecule has 0 N–H and O–H groups in total. The highest BCUT2D eigenvalue weighted by Crippen LogP contribution is 2.52. The fourth-order valence-corrected chi connectivity index (χ4v) is 6.05. The molecule has 0 spiro atoms. The van der Waals surface area contributed by atoms with Crippen molar-refractivity contribution in [3.8, 4) is 6.07 Å². The van der Waals surface area contributed by atoms with Gasteiger partial charge in [0, 0.05) is 19.7 Å². The Kier molecular flexibility index (Phi) is 5.56. The van der Waals surface area contributed by atoms with Crippen molar-refractivity contribution in [2.45, 2.75) is 62.5 Å². The molecule has 5 heteroatoms. The zero-order valence-electron chi connectivity index (χ0n) is 17.8. The summed E-state index contributed by atoms with van der Waals surface area (Å²) in [5, 5.41) is 9.45. The average Bonchev–Trinajstić information content (AvgIpc) is 3.29. The second-order valence-corrected chi connectivity index (χ2v) is 9.93. The number of hydrogen-bond donors (Lipinski definition) is 0. The van der Waals surface area contributed by atoms with E-state index < -0.39 is 0 Å². The molecular formula is C25H33N3O2. The monoisotopic (exact) mass is 407 g/mol. The maximum absolute atomic E-state index is 12.6. The summed E-state index contributed by atoms with van der Waals surface area (Å²) < 4.78 is 5.57. The molecule has 3 aliphatic heterocycles. The minimum absolute atomic E-state index is 0.125. The van der Waals surface area contributed by atoms with Crippen LogP contribution in [0.2, 0.25) is 0 Å². The molecule has 160 valence electrons. The van der Waals surface area contributed by atoms with E-state index in [9.17, 15) is 10.1 Å². The van der Waals surface area contributed by atoms with E-state index in [4.69, 9.17) is 4.74 Å². The molecule has 3 heterocycles. The number of ether oxygens (including phenoxy) is 1. The molecule has 1 aromatic rings. The number of rotatable bonds is 6. The number of hydrogen-bond acceptors (Lipinski definition) is 4. The summed E-state index contributed by atoms with van der Waals surface area (Å²) in [4.78, 5) is 17.1. The van der Waals surface area contributed by atoms with E-state index in [1.54, 1.807) is 0 Å². The highest BCUT2D eigenvalue weighted by atomic mass is 16.5. The maximum atomic E-state index is 12.6. The van der Waals surface area contributed by atoms with Crippen molar-refractivity contribution in [2.75, 3.05) is 32.8 Å². The first kappa shape index (κ1) is 20.0. The van der Waals surface area contributed by atoms with Crippen molar-refractivity contribution < 1.29 is 9.53 Å². The van der Waals surface area contributed by atoms with E-state index in [1.807, 2.05) is 4.90 Å². The van der Waals surface area contributed by atoms with E-state index >= 15 is 0 Å². The molecule has 1 amide bonds. The number of nitriles is 1. The summed E-state index contributed by atoms with van der Waals surface area (Å²) >= 11 is 0. The van der Waals surface area contributed by atoms with Gasteiger partial charge in [0.2, 0.25) is 0 Å². The van der Waals surface area contributed by atoms with Crippen LogP contribution in [0, 0.1) is 23.2 Å². The van der Waals surface area contributed by atoms with Crippen molar-refractivity contribution in [3.05, 3.63) is 35.9 Å². The SMILES string of the molecule is N#CCC1(N2CCC(C[C@@H]3CC3c3ccccc3)CC2)CN(C(=O)C2CCCO2)C1. The van der Waals surface area contributed by atoms with Gasteiger partial charge in [0.05, 0.1) is 18.0 Å². The van der Waals surface area contributed by atoms with Gasteiger partial charge >= 0.3 is 0 Å². The lowest BCUT2D eigenvalue weighted by atomic mass is 9.80. The van der Waals surface area contributed by atoms with Crippen LogP contribution in [-0.4, -0.2) is 60.1 Å². The van der Waals surface area contributed by atoms with Gasteiger partial charge in [0.25, 0.3) is 5.91 Å². The smallest absolute Gasteiger partial charge is 0.251 e. The first-order valence-electron chi connectivity index (χ1n) is 11.8. The number of carbonyl (C=O) groups excluding carboxylic acids is 1. The highest BCUT2D eigenvalue weighted by Gasteiger charge is 2.51.